The van der Waals surface area contributed by atoms with Gasteiger partial charge in [0.1, 0.15) is 5.75 Å². The van der Waals surface area contributed by atoms with Crippen molar-refractivity contribution in [3.8, 4) is 5.75 Å². The second-order valence-corrected chi connectivity index (χ2v) is 10.8. The molecule has 1 aliphatic carbocycles. The second kappa shape index (κ2) is 11.2. The first-order chi connectivity index (χ1) is 17.3. The fourth-order valence-corrected chi connectivity index (χ4v) is 5.68. The van der Waals surface area contributed by atoms with Crippen molar-refractivity contribution in [2.75, 3.05) is 12.4 Å². The second-order valence-electron chi connectivity index (χ2n) is 9.05. The number of aliphatic hydroxyl groups is 1. The van der Waals surface area contributed by atoms with Crippen molar-refractivity contribution in [1.29, 1.82) is 0 Å². The number of fused-ring (bicyclic) bond motifs is 1. The largest absolute Gasteiger partial charge is 0.497 e. The van der Waals surface area contributed by atoms with Crippen molar-refractivity contribution in [3.05, 3.63) is 89.0 Å². The zero-order valence-corrected chi connectivity index (χ0v) is 21.3. The Morgan fingerprint density at radius 1 is 1.08 bits per heavy atom. The summed E-state index contributed by atoms with van der Waals surface area (Å²) in [5, 5.41) is 13.6. The molecule has 0 saturated carbocycles. The first kappa shape index (κ1) is 25.9. The number of carbonyl (C=O) groups excluding carboxylic acids is 1. The summed E-state index contributed by atoms with van der Waals surface area (Å²) >= 11 is 0. The molecule has 0 aliphatic heterocycles. The van der Waals surface area contributed by atoms with Gasteiger partial charge < -0.3 is 15.2 Å². The van der Waals surface area contributed by atoms with Gasteiger partial charge in [-0.25, -0.2) is 13.1 Å². The number of anilines is 1. The zero-order chi connectivity index (χ0) is 25.7. The molecule has 0 spiro atoms. The van der Waals surface area contributed by atoms with Gasteiger partial charge in [-0.05, 0) is 84.8 Å². The first-order valence-corrected chi connectivity index (χ1v) is 13.7. The monoisotopic (exact) mass is 508 g/mol. The number of ether oxygens (including phenoxy) is 1. The Kier molecular flexibility index (Phi) is 8.08. The van der Waals surface area contributed by atoms with Gasteiger partial charge in [-0.3, -0.25) is 4.79 Å². The molecule has 190 valence electrons. The SMILES string of the molecule is CCCCc1ccc(S(=O)(=O)NC2c3cc(NC(=O)c4cccc(OC)c4)ccc3CCC2O)cc1. The van der Waals surface area contributed by atoms with Gasteiger partial charge in [-0.1, -0.05) is 37.6 Å². The van der Waals surface area contributed by atoms with Gasteiger partial charge >= 0.3 is 0 Å². The molecule has 0 heterocycles. The number of rotatable bonds is 9. The molecule has 1 amide bonds. The summed E-state index contributed by atoms with van der Waals surface area (Å²) in [5.74, 6) is 0.259. The van der Waals surface area contributed by atoms with Crippen LogP contribution in [0.15, 0.2) is 71.6 Å². The Morgan fingerprint density at radius 2 is 1.86 bits per heavy atom. The average molecular weight is 509 g/mol. The molecule has 0 aromatic heterocycles. The van der Waals surface area contributed by atoms with Gasteiger partial charge in [0.25, 0.3) is 5.91 Å². The van der Waals surface area contributed by atoms with E-state index in [0.29, 0.717) is 35.4 Å². The topological polar surface area (TPSA) is 105 Å². The van der Waals surface area contributed by atoms with E-state index in [9.17, 15) is 18.3 Å². The third kappa shape index (κ3) is 5.95. The number of carbonyl (C=O) groups is 1. The predicted molar refractivity (Wildman–Crippen MR) is 140 cm³/mol. The van der Waals surface area contributed by atoms with Crippen LogP contribution >= 0.6 is 0 Å². The highest BCUT2D eigenvalue weighted by atomic mass is 32.2. The molecule has 0 radical (unpaired) electrons. The minimum atomic E-state index is -3.87. The normalized spacial score (nSPS) is 17.3. The van der Waals surface area contributed by atoms with Crippen molar-refractivity contribution in [1.82, 2.24) is 4.72 Å². The molecule has 2 atom stereocenters. The molecule has 0 fully saturated rings. The lowest BCUT2D eigenvalue weighted by molar-refractivity contribution is 0.102. The van der Waals surface area contributed by atoms with E-state index in [0.717, 1.165) is 30.4 Å². The number of aliphatic hydroxyl groups excluding tert-OH is 1. The molecule has 3 aromatic carbocycles. The summed E-state index contributed by atoms with van der Waals surface area (Å²) in [6.07, 6.45) is 3.19. The summed E-state index contributed by atoms with van der Waals surface area (Å²) in [6, 6.07) is 18.3. The van der Waals surface area contributed by atoms with Gasteiger partial charge in [0, 0.05) is 11.3 Å². The Hall–Kier alpha value is -3.20. The van der Waals surface area contributed by atoms with Crippen LogP contribution in [0.1, 0.15) is 59.3 Å². The van der Waals surface area contributed by atoms with Crippen LogP contribution in [0.3, 0.4) is 0 Å². The molecule has 3 aromatic rings. The number of aryl methyl sites for hydroxylation is 2. The minimum absolute atomic E-state index is 0.157. The van der Waals surface area contributed by atoms with Crippen LogP contribution in [-0.2, 0) is 22.9 Å². The van der Waals surface area contributed by atoms with Crippen LogP contribution in [0, 0.1) is 0 Å². The smallest absolute Gasteiger partial charge is 0.255 e. The summed E-state index contributed by atoms with van der Waals surface area (Å²) in [6.45, 7) is 2.12. The molecule has 2 unspecified atom stereocenters. The van der Waals surface area contributed by atoms with Crippen molar-refractivity contribution < 1.29 is 23.1 Å². The Bertz CT molecular complexity index is 1320. The van der Waals surface area contributed by atoms with Gasteiger partial charge in [0.15, 0.2) is 0 Å². The third-order valence-electron chi connectivity index (χ3n) is 6.50. The lowest BCUT2D eigenvalue weighted by Crippen LogP contribution is -2.39. The van der Waals surface area contributed by atoms with E-state index in [2.05, 4.69) is 17.0 Å². The summed E-state index contributed by atoms with van der Waals surface area (Å²) in [5.41, 5.74) is 3.63. The lowest BCUT2D eigenvalue weighted by atomic mass is 9.86. The molecule has 3 N–H and O–H groups in total. The Morgan fingerprint density at radius 3 is 2.58 bits per heavy atom. The standard InChI is InChI=1S/C28H32N2O5S/c1-3-4-6-19-9-14-24(15-10-19)36(33,34)30-27-25-18-22(13-11-20(25)12-16-26(27)31)29-28(32)21-7-5-8-23(17-21)35-2/h5,7-11,13-15,17-18,26-27,30-31H,3-4,6,12,16H2,1-2H3,(H,29,32). The van der Waals surface area contributed by atoms with Crippen molar-refractivity contribution in [3.63, 3.8) is 0 Å². The zero-order valence-electron chi connectivity index (χ0n) is 20.5. The fraction of sp³-hybridized carbons (Fsp3) is 0.321. The predicted octanol–water partition coefficient (Wildman–Crippen LogP) is 4.62. The number of nitrogens with one attached hydrogen (secondary N) is 2. The third-order valence-corrected chi connectivity index (χ3v) is 7.96. The number of sulfonamides is 1. The van der Waals surface area contributed by atoms with Crippen molar-refractivity contribution in [2.24, 2.45) is 0 Å². The molecule has 8 heteroatoms. The molecule has 0 bridgehead atoms. The molecular weight excluding hydrogens is 476 g/mol. The highest BCUT2D eigenvalue weighted by molar-refractivity contribution is 7.89. The highest BCUT2D eigenvalue weighted by Gasteiger charge is 2.32. The minimum Gasteiger partial charge on any atom is -0.497 e. The first-order valence-electron chi connectivity index (χ1n) is 12.2. The van der Waals surface area contributed by atoms with Crippen LogP contribution in [-0.4, -0.2) is 32.6 Å². The fourth-order valence-electron chi connectivity index (χ4n) is 4.43. The van der Waals surface area contributed by atoms with E-state index in [4.69, 9.17) is 4.74 Å². The van der Waals surface area contributed by atoms with E-state index in [1.807, 2.05) is 18.2 Å². The highest BCUT2D eigenvalue weighted by Crippen LogP contribution is 2.33. The van der Waals surface area contributed by atoms with Crippen LogP contribution in [0.2, 0.25) is 0 Å². The molecule has 36 heavy (non-hydrogen) atoms. The van der Waals surface area contributed by atoms with Gasteiger partial charge in [-0.2, -0.15) is 0 Å². The molecule has 0 saturated heterocycles. The van der Waals surface area contributed by atoms with Gasteiger partial charge in [-0.15, -0.1) is 0 Å². The van der Waals surface area contributed by atoms with Gasteiger partial charge in [0.05, 0.1) is 24.2 Å². The van der Waals surface area contributed by atoms with Crippen LogP contribution < -0.4 is 14.8 Å². The molecule has 1 aliphatic rings. The number of unbranched alkanes of at least 4 members (excludes halogenated alkanes) is 1. The summed E-state index contributed by atoms with van der Waals surface area (Å²) < 4.78 is 34.3. The van der Waals surface area contributed by atoms with E-state index < -0.39 is 22.2 Å². The van der Waals surface area contributed by atoms with E-state index in [1.54, 1.807) is 48.5 Å². The Labute approximate surface area is 212 Å². The maximum Gasteiger partial charge on any atom is 0.255 e. The van der Waals surface area contributed by atoms with Crippen LogP contribution in [0.4, 0.5) is 5.69 Å². The number of hydrogen-bond acceptors (Lipinski definition) is 5. The maximum atomic E-state index is 13.2. The van der Waals surface area contributed by atoms with E-state index in [1.165, 1.54) is 7.11 Å². The van der Waals surface area contributed by atoms with Crippen LogP contribution in [0.5, 0.6) is 5.75 Å². The van der Waals surface area contributed by atoms with E-state index in [-0.39, 0.29) is 10.8 Å². The van der Waals surface area contributed by atoms with Crippen LogP contribution in [0.25, 0.3) is 0 Å². The van der Waals surface area contributed by atoms with Crippen molar-refractivity contribution in [2.45, 2.75) is 56.1 Å². The molecule has 7 nitrogen and oxygen atoms in total. The van der Waals surface area contributed by atoms with E-state index >= 15 is 0 Å². The quantitative estimate of drug-likeness (QED) is 0.391. The maximum absolute atomic E-state index is 13.2. The van der Waals surface area contributed by atoms with Gasteiger partial charge in [0.2, 0.25) is 10.0 Å². The average Bonchev–Trinajstić information content (AvgIpc) is 2.89. The Balaban J connectivity index is 1.55. The number of amides is 1. The molecular formula is C28H32N2O5S. The lowest BCUT2D eigenvalue weighted by Gasteiger charge is -2.31. The van der Waals surface area contributed by atoms with Crippen molar-refractivity contribution >= 4 is 21.6 Å². The number of methoxy groups -OCH3 is 1. The molecule has 4 rings (SSSR count). The summed E-state index contributed by atoms with van der Waals surface area (Å²) in [4.78, 5) is 12.9. The number of benzene rings is 3. The number of hydrogen-bond donors (Lipinski definition) is 3. The summed E-state index contributed by atoms with van der Waals surface area (Å²) in [7, 11) is -2.34.